The minimum atomic E-state index is -4.37. The Bertz CT molecular complexity index is 946. The van der Waals surface area contributed by atoms with Gasteiger partial charge < -0.3 is 13.9 Å². The van der Waals surface area contributed by atoms with Gasteiger partial charge in [-0.1, -0.05) is 31.9 Å². The molecule has 0 bridgehead atoms. The van der Waals surface area contributed by atoms with Crippen LogP contribution in [0.4, 0.5) is 13.2 Å². The number of halogens is 3. The van der Waals surface area contributed by atoms with E-state index >= 15 is 0 Å². The van der Waals surface area contributed by atoms with Crippen molar-refractivity contribution < 1.29 is 22.4 Å². The number of furan rings is 1. The minimum absolute atomic E-state index is 0.192. The van der Waals surface area contributed by atoms with E-state index in [1.807, 2.05) is 22.9 Å². The molecule has 1 amide bonds. The van der Waals surface area contributed by atoms with Gasteiger partial charge in [0.1, 0.15) is 0 Å². The average Bonchev–Trinajstić information content (AvgIpc) is 3.39. The van der Waals surface area contributed by atoms with Gasteiger partial charge in [0.25, 0.3) is 5.91 Å². The van der Waals surface area contributed by atoms with Crippen LogP contribution in [0.15, 0.2) is 65.4 Å². The molecule has 0 unspecified atom stereocenters. The SMILES string of the molecule is CCCCCN(Cc1cccn1Cc1cccc(C(F)(F)F)c1)C(=O)c1ccco1. The molecule has 4 nitrogen and oxygen atoms in total. The first-order valence-corrected chi connectivity index (χ1v) is 10.0. The highest BCUT2D eigenvalue weighted by Crippen LogP contribution is 2.29. The molecule has 2 aromatic heterocycles. The monoisotopic (exact) mass is 418 g/mol. The zero-order valence-electron chi connectivity index (χ0n) is 16.9. The molecule has 160 valence electrons. The molecule has 0 spiro atoms. The molecule has 7 heteroatoms. The molecule has 0 aliphatic heterocycles. The highest BCUT2D eigenvalue weighted by Gasteiger charge is 2.30. The lowest BCUT2D eigenvalue weighted by Crippen LogP contribution is -2.32. The second kappa shape index (κ2) is 9.69. The highest BCUT2D eigenvalue weighted by molar-refractivity contribution is 5.91. The standard InChI is InChI=1S/C23H25F3N2O2/c1-2-3-4-12-28(22(29)21-11-7-14-30-21)17-20-10-6-13-27(20)16-18-8-5-9-19(15-18)23(24,25)26/h5-11,13-15H,2-4,12,16-17H2,1H3. The highest BCUT2D eigenvalue weighted by atomic mass is 19.4. The van der Waals surface area contributed by atoms with Crippen molar-refractivity contribution in [2.45, 2.75) is 45.5 Å². The lowest BCUT2D eigenvalue weighted by molar-refractivity contribution is -0.137. The second-order valence-electron chi connectivity index (χ2n) is 7.24. The first-order chi connectivity index (χ1) is 14.4. The average molecular weight is 418 g/mol. The Kier molecular flexibility index (Phi) is 7.03. The summed E-state index contributed by atoms with van der Waals surface area (Å²) in [5.74, 6) is 0.0883. The van der Waals surface area contributed by atoms with Gasteiger partial charge in [0, 0.05) is 25.0 Å². The van der Waals surface area contributed by atoms with Gasteiger partial charge in [0.15, 0.2) is 5.76 Å². The number of benzene rings is 1. The first-order valence-electron chi connectivity index (χ1n) is 10.0. The van der Waals surface area contributed by atoms with Crippen LogP contribution in [0.3, 0.4) is 0 Å². The van der Waals surface area contributed by atoms with Gasteiger partial charge in [-0.3, -0.25) is 4.79 Å². The van der Waals surface area contributed by atoms with E-state index in [-0.39, 0.29) is 11.7 Å². The third kappa shape index (κ3) is 5.55. The van der Waals surface area contributed by atoms with Crippen LogP contribution in [-0.4, -0.2) is 21.9 Å². The summed E-state index contributed by atoms with van der Waals surface area (Å²) >= 11 is 0. The summed E-state index contributed by atoms with van der Waals surface area (Å²) < 4.78 is 46.2. The van der Waals surface area contributed by atoms with Crippen molar-refractivity contribution in [1.82, 2.24) is 9.47 Å². The molecule has 0 atom stereocenters. The molecule has 0 N–H and O–H groups in total. The number of nitrogens with zero attached hydrogens (tertiary/aromatic N) is 2. The van der Waals surface area contributed by atoms with E-state index in [2.05, 4.69) is 6.92 Å². The fraction of sp³-hybridized carbons (Fsp3) is 0.348. The topological polar surface area (TPSA) is 38.4 Å². The van der Waals surface area contributed by atoms with Crippen molar-refractivity contribution >= 4 is 5.91 Å². The van der Waals surface area contributed by atoms with Crippen molar-refractivity contribution in [3.63, 3.8) is 0 Å². The number of alkyl halides is 3. The Morgan fingerprint density at radius 2 is 1.93 bits per heavy atom. The molecule has 30 heavy (non-hydrogen) atoms. The van der Waals surface area contributed by atoms with Crippen LogP contribution in [0.1, 0.15) is 53.6 Å². The van der Waals surface area contributed by atoms with Crippen LogP contribution in [0.2, 0.25) is 0 Å². The van der Waals surface area contributed by atoms with Crippen LogP contribution in [-0.2, 0) is 19.3 Å². The molecular weight excluding hydrogens is 393 g/mol. The molecule has 0 saturated carbocycles. The van der Waals surface area contributed by atoms with Gasteiger partial charge in [-0.2, -0.15) is 13.2 Å². The van der Waals surface area contributed by atoms with Crippen molar-refractivity contribution in [2.24, 2.45) is 0 Å². The maximum atomic E-state index is 13.0. The summed E-state index contributed by atoms with van der Waals surface area (Å²) in [5, 5.41) is 0. The predicted octanol–water partition coefficient (Wildman–Crippen LogP) is 5.98. The van der Waals surface area contributed by atoms with Crippen LogP contribution in [0, 0.1) is 0 Å². The number of amides is 1. The summed E-state index contributed by atoms with van der Waals surface area (Å²) in [6.45, 7) is 3.33. The summed E-state index contributed by atoms with van der Waals surface area (Å²) in [7, 11) is 0. The zero-order chi connectivity index (χ0) is 21.6. The minimum Gasteiger partial charge on any atom is -0.459 e. The van der Waals surface area contributed by atoms with Gasteiger partial charge in [0.05, 0.1) is 18.4 Å². The maximum absolute atomic E-state index is 13.0. The van der Waals surface area contributed by atoms with Gasteiger partial charge >= 0.3 is 6.18 Å². The van der Waals surface area contributed by atoms with E-state index in [1.165, 1.54) is 12.3 Å². The first kappa shape index (κ1) is 21.7. The number of aromatic nitrogens is 1. The Hall–Kier alpha value is -2.96. The van der Waals surface area contributed by atoms with Gasteiger partial charge in [-0.25, -0.2) is 0 Å². The third-order valence-electron chi connectivity index (χ3n) is 4.93. The third-order valence-corrected chi connectivity index (χ3v) is 4.93. The van der Waals surface area contributed by atoms with Crippen LogP contribution in [0.25, 0.3) is 0 Å². The number of carbonyl (C=O) groups excluding carboxylic acids is 1. The number of carbonyl (C=O) groups is 1. The maximum Gasteiger partial charge on any atom is 0.416 e. The number of hydrogen-bond donors (Lipinski definition) is 0. The lowest BCUT2D eigenvalue weighted by atomic mass is 10.1. The molecule has 3 aromatic rings. The van der Waals surface area contributed by atoms with E-state index in [4.69, 9.17) is 4.42 Å². The molecule has 0 aliphatic carbocycles. The number of unbranched alkanes of at least 4 members (excludes halogenated alkanes) is 2. The Morgan fingerprint density at radius 3 is 2.63 bits per heavy atom. The number of hydrogen-bond acceptors (Lipinski definition) is 2. The van der Waals surface area contributed by atoms with Crippen LogP contribution >= 0.6 is 0 Å². The van der Waals surface area contributed by atoms with Crippen molar-refractivity contribution in [1.29, 1.82) is 0 Å². The molecule has 0 radical (unpaired) electrons. The lowest BCUT2D eigenvalue weighted by Gasteiger charge is -2.23. The van der Waals surface area contributed by atoms with Crippen LogP contribution in [0.5, 0.6) is 0 Å². The Labute approximate surface area is 173 Å². The van der Waals surface area contributed by atoms with Crippen molar-refractivity contribution in [3.8, 4) is 0 Å². The molecule has 2 heterocycles. The summed E-state index contributed by atoms with van der Waals surface area (Å²) in [6, 6.07) is 12.4. The van der Waals surface area contributed by atoms with E-state index in [0.29, 0.717) is 25.2 Å². The van der Waals surface area contributed by atoms with E-state index < -0.39 is 11.7 Å². The fourth-order valence-electron chi connectivity index (χ4n) is 3.35. The molecule has 3 rings (SSSR count). The molecule has 0 aliphatic rings. The normalized spacial score (nSPS) is 11.6. The van der Waals surface area contributed by atoms with Crippen molar-refractivity contribution in [2.75, 3.05) is 6.54 Å². The fourth-order valence-corrected chi connectivity index (χ4v) is 3.35. The smallest absolute Gasteiger partial charge is 0.416 e. The largest absolute Gasteiger partial charge is 0.459 e. The van der Waals surface area contributed by atoms with Crippen LogP contribution < -0.4 is 0 Å². The Morgan fingerprint density at radius 1 is 1.10 bits per heavy atom. The van der Waals surface area contributed by atoms with Gasteiger partial charge in [-0.15, -0.1) is 0 Å². The summed E-state index contributed by atoms with van der Waals surface area (Å²) in [4.78, 5) is 14.6. The van der Waals surface area contributed by atoms with E-state index in [1.54, 1.807) is 23.1 Å². The Balaban J connectivity index is 1.77. The molecule has 0 fully saturated rings. The predicted molar refractivity (Wildman–Crippen MR) is 108 cm³/mol. The summed E-state index contributed by atoms with van der Waals surface area (Å²) in [5.41, 5.74) is 0.740. The number of rotatable bonds is 9. The molecular formula is C23H25F3N2O2. The molecule has 1 aromatic carbocycles. The zero-order valence-corrected chi connectivity index (χ0v) is 16.9. The van der Waals surface area contributed by atoms with Gasteiger partial charge in [-0.05, 0) is 48.4 Å². The van der Waals surface area contributed by atoms with E-state index in [0.717, 1.165) is 37.1 Å². The summed E-state index contributed by atoms with van der Waals surface area (Å²) in [6.07, 6.45) is 1.82. The molecule has 0 saturated heterocycles. The van der Waals surface area contributed by atoms with Gasteiger partial charge in [0.2, 0.25) is 0 Å². The van der Waals surface area contributed by atoms with Crippen molar-refractivity contribution in [3.05, 3.63) is 83.6 Å². The quantitative estimate of drug-likeness (QED) is 0.401. The van der Waals surface area contributed by atoms with E-state index in [9.17, 15) is 18.0 Å². The second-order valence-corrected chi connectivity index (χ2v) is 7.24.